The van der Waals surface area contributed by atoms with Gasteiger partial charge in [-0.3, -0.25) is 4.79 Å². The van der Waals surface area contributed by atoms with Gasteiger partial charge < -0.3 is 14.8 Å². The average Bonchev–Trinajstić information content (AvgIpc) is 2.62. The smallest absolute Gasteiger partial charge is 0.255 e. The molecule has 1 N–H and O–H groups in total. The van der Waals surface area contributed by atoms with Gasteiger partial charge in [-0.05, 0) is 83.2 Å². The monoisotopic (exact) mass is 431 g/mol. The number of hydrogen-bond acceptors (Lipinski definition) is 3. The standard InChI is InChI=1S/C22H26BrNO3/c1-15(2)11-12-26-21-10-5-17(13-20(21)23)22(25)24-18-6-8-19(9-7-18)27-14-16(3)4/h5-10,13,15H,3,11-12,14H2,1-2,4H3,(H,24,25). The Labute approximate surface area is 169 Å². The van der Waals surface area contributed by atoms with E-state index in [4.69, 9.17) is 9.47 Å². The Kier molecular flexibility index (Phi) is 7.92. The molecule has 2 rings (SSSR count). The number of hydrogen-bond donors (Lipinski definition) is 1. The highest BCUT2D eigenvalue weighted by Crippen LogP contribution is 2.27. The van der Waals surface area contributed by atoms with Crippen LogP contribution in [0.3, 0.4) is 0 Å². The van der Waals surface area contributed by atoms with Gasteiger partial charge in [0.15, 0.2) is 0 Å². The maximum atomic E-state index is 12.5. The van der Waals surface area contributed by atoms with Crippen molar-refractivity contribution in [2.45, 2.75) is 27.2 Å². The lowest BCUT2D eigenvalue weighted by molar-refractivity contribution is 0.102. The molecular weight excluding hydrogens is 406 g/mol. The largest absolute Gasteiger partial charge is 0.492 e. The summed E-state index contributed by atoms with van der Waals surface area (Å²) >= 11 is 3.48. The van der Waals surface area contributed by atoms with E-state index in [1.165, 1.54) is 0 Å². The maximum absolute atomic E-state index is 12.5. The maximum Gasteiger partial charge on any atom is 0.255 e. The Morgan fingerprint density at radius 3 is 2.44 bits per heavy atom. The first-order valence-electron chi connectivity index (χ1n) is 8.96. The molecule has 0 fully saturated rings. The molecular formula is C22H26BrNO3. The van der Waals surface area contributed by atoms with Crippen LogP contribution in [-0.2, 0) is 0 Å². The predicted octanol–water partition coefficient (Wildman–Crippen LogP) is 6.08. The summed E-state index contributed by atoms with van der Waals surface area (Å²) < 4.78 is 12.1. The first-order chi connectivity index (χ1) is 12.8. The van der Waals surface area contributed by atoms with Gasteiger partial charge in [0.2, 0.25) is 0 Å². The molecule has 0 aromatic heterocycles. The lowest BCUT2D eigenvalue weighted by Gasteiger charge is -2.11. The third-order valence-electron chi connectivity index (χ3n) is 3.74. The average molecular weight is 432 g/mol. The van der Waals surface area contributed by atoms with Gasteiger partial charge in [0.05, 0.1) is 11.1 Å². The lowest BCUT2D eigenvalue weighted by atomic mass is 10.1. The van der Waals surface area contributed by atoms with Crippen LogP contribution in [0.25, 0.3) is 0 Å². The number of carbonyl (C=O) groups is 1. The Hall–Kier alpha value is -2.27. The molecule has 0 heterocycles. The fourth-order valence-electron chi connectivity index (χ4n) is 2.21. The van der Waals surface area contributed by atoms with E-state index in [2.05, 4.69) is 41.7 Å². The molecule has 27 heavy (non-hydrogen) atoms. The molecule has 144 valence electrons. The summed E-state index contributed by atoms with van der Waals surface area (Å²) in [4.78, 5) is 12.5. The fourth-order valence-corrected chi connectivity index (χ4v) is 2.70. The van der Waals surface area contributed by atoms with Crippen molar-refractivity contribution in [3.8, 4) is 11.5 Å². The van der Waals surface area contributed by atoms with Gasteiger partial charge in [0, 0.05) is 11.3 Å². The minimum Gasteiger partial charge on any atom is -0.492 e. The number of carbonyl (C=O) groups excluding carboxylic acids is 1. The van der Waals surface area contributed by atoms with Crippen LogP contribution >= 0.6 is 15.9 Å². The second-order valence-electron chi connectivity index (χ2n) is 6.90. The zero-order chi connectivity index (χ0) is 19.8. The molecule has 0 saturated heterocycles. The molecule has 0 spiro atoms. The molecule has 2 aromatic carbocycles. The van der Waals surface area contributed by atoms with Crippen molar-refractivity contribution in [3.05, 3.63) is 64.7 Å². The first-order valence-corrected chi connectivity index (χ1v) is 9.75. The van der Waals surface area contributed by atoms with Crippen LogP contribution in [0.4, 0.5) is 5.69 Å². The normalized spacial score (nSPS) is 10.6. The van der Waals surface area contributed by atoms with Crippen LogP contribution in [0, 0.1) is 5.92 Å². The van der Waals surface area contributed by atoms with Crippen LogP contribution in [0.15, 0.2) is 59.1 Å². The van der Waals surface area contributed by atoms with Crippen LogP contribution in [0.1, 0.15) is 37.6 Å². The Morgan fingerprint density at radius 2 is 1.85 bits per heavy atom. The lowest BCUT2D eigenvalue weighted by Crippen LogP contribution is -2.12. The molecule has 0 aliphatic carbocycles. The van der Waals surface area contributed by atoms with Crippen molar-refractivity contribution < 1.29 is 14.3 Å². The van der Waals surface area contributed by atoms with Crippen molar-refractivity contribution in [1.29, 1.82) is 0 Å². The van der Waals surface area contributed by atoms with E-state index < -0.39 is 0 Å². The summed E-state index contributed by atoms with van der Waals surface area (Å²) in [7, 11) is 0. The molecule has 0 atom stereocenters. The van der Waals surface area contributed by atoms with Crippen molar-refractivity contribution in [2.75, 3.05) is 18.5 Å². The first kappa shape index (κ1) is 21.0. The van der Waals surface area contributed by atoms with E-state index in [-0.39, 0.29) is 5.91 Å². The number of ether oxygens (including phenoxy) is 2. The zero-order valence-electron chi connectivity index (χ0n) is 16.0. The Morgan fingerprint density at radius 1 is 1.15 bits per heavy atom. The SMILES string of the molecule is C=C(C)COc1ccc(NC(=O)c2ccc(OCCC(C)C)c(Br)c2)cc1. The Balaban J connectivity index is 1.95. The number of benzene rings is 2. The third kappa shape index (κ3) is 7.10. The minimum atomic E-state index is -0.181. The van der Waals surface area contributed by atoms with Gasteiger partial charge in [-0.2, -0.15) is 0 Å². The number of nitrogens with one attached hydrogen (secondary N) is 1. The summed E-state index contributed by atoms with van der Waals surface area (Å²) in [5, 5.41) is 2.88. The highest BCUT2D eigenvalue weighted by molar-refractivity contribution is 9.10. The van der Waals surface area contributed by atoms with E-state index in [1.807, 2.05) is 37.3 Å². The molecule has 4 nitrogen and oxygen atoms in total. The van der Waals surface area contributed by atoms with Gasteiger partial charge in [0.1, 0.15) is 18.1 Å². The summed E-state index contributed by atoms with van der Waals surface area (Å²) in [6.07, 6.45) is 0.987. The zero-order valence-corrected chi connectivity index (χ0v) is 17.6. The molecule has 0 aliphatic rings. The van der Waals surface area contributed by atoms with Gasteiger partial charge in [-0.15, -0.1) is 0 Å². The summed E-state index contributed by atoms with van der Waals surface area (Å²) in [6.45, 7) is 11.2. The second kappa shape index (κ2) is 10.2. The van der Waals surface area contributed by atoms with E-state index in [1.54, 1.807) is 12.1 Å². The number of rotatable bonds is 9. The molecule has 0 saturated carbocycles. The van der Waals surface area contributed by atoms with Crippen LogP contribution in [-0.4, -0.2) is 19.1 Å². The van der Waals surface area contributed by atoms with E-state index >= 15 is 0 Å². The molecule has 0 aliphatic heterocycles. The predicted molar refractivity (Wildman–Crippen MR) is 114 cm³/mol. The Bertz CT molecular complexity index is 785. The summed E-state index contributed by atoms with van der Waals surface area (Å²) in [5.41, 5.74) is 2.21. The van der Waals surface area contributed by atoms with Gasteiger partial charge >= 0.3 is 0 Å². The summed E-state index contributed by atoms with van der Waals surface area (Å²) in [5.74, 6) is 1.89. The third-order valence-corrected chi connectivity index (χ3v) is 4.36. The number of anilines is 1. The van der Waals surface area contributed by atoms with E-state index in [0.29, 0.717) is 30.4 Å². The molecule has 0 bridgehead atoms. The van der Waals surface area contributed by atoms with Crippen molar-refractivity contribution in [3.63, 3.8) is 0 Å². The van der Waals surface area contributed by atoms with Crippen molar-refractivity contribution in [1.82, 2.24) is 0 Å². The highest BCUT2D eigenvalue weighted by Gasteiger charge is 2.10. The fraction of sp³-hybridized carbons (Fsp3) is 0.318. The van der Waals surface area contributed by atoms with Crippen LogP contribution in [0.5, 0.6) is 11.5 Å². The topological polar surface area (TPSA) is 47.6 Å². The molecule has 0 unspecified atom stereocenters. The highest BCUT2D eigenvalue weighted by atomic mass is 79.9. The van der Waals surface area contributed by atoms with Crippen molar-refractivity contribution in [2.24, 2.45) is 5.92 Å². The van der Waals surface area contributed by atoms with Gasteiger partial charge in [-0.25, -0.2) is 0 Å². The quantitative estimate of drug-likeness (QED) is 0.489. The minimum absolute atomic E-state index is 0.181. The molecule has 2 aromatic rings. The van der Waals surface area contributed by atoms with E-state index in [9.17, 15) is 4.79 Å². The van der Waals surface area contributed by atoms with Crippen molar-refractivity contribution >= 4 is 27.5 Å². The van der Waals surface area contributed by atoms with E-state index in [0.717, 1.165) is 28.0 Å². The van der Waals surface area contributed by atoms with Gasteiger partial charge in [0.25, 0.3) is 5.91 Å². The second-order valence-corrected chi connectivity index (χ2v) is 7.75. The number of amides is 1. The molecule has 1 amide bonds. The summed E-state index contributed by atoms with van der Waals surface area (Å²) in [6, 6.07) is 12.6. The van der Waals surface area contributed by atoms with Crippen LogP contribution < -0.4 is 14.8 Å². The molecule has 0 radical (unpaired) electrons. The number of halogens is 1. The van der Waals surface area contributed by atoms with Crippen LogP contribution in [0.2, 0.25) is 0 Å². The molecule has 5 heteroatoms. The van der Waals surface area contributed by atoms with Gasteiger partial charge in [-0.1, -0.05) is 20.4 Å².